The van der Waals surface area contributed by atoms with Gasteiger partial charge in [0.05, 0.1) is 13.7 Å². The van der Waals surface area contributed by atoms with Gasteiger partial charge < -0.3 is 19.9 Å². The summed E-state index contributed by atoms with van der Waals surface area (Å²) in [6.07, 6.45) is 0. The van der Waals surface area contributed by atoms with Crippen molar-refractivity contribution >= 4 is 0 Å². The minimum Gasteiger partial charge on any atom is -0.508 e. The van der Waals surface area contributed by atoms with E-state index in [2.05, 4.69) is 5.32 Å². The molecule has 0 amide bonds. The van der Waals surface area contributed by atoms with E-state index < -0.39 is 0 Å². The second kappa shape index (κ2) is 6.35. The maximum Gasteiger partial charge on any atom is 0.120 e. The molecular weight excluding hydrogens is 206 g/mol. The smallest absolute Gasteiger partial charge is 0.120 e. The lowest BCUT2D eigenvalue weighted by Crippen LogP contribution is -2.22. The Bertz CT molecular complexity index is 328. The van der Waals surface area contributed by atoms with Gasteiger partial charge in [-0.15, -0.1) is 0 Å². The summed E-state index contributed by atoms with van der Waals surface area (Å²) in [7, 11) is 3.27. The fourth-order valence-electron chi connectivity index (χ4n) is 1.49. The predicted molar refractivity (Wildman–Crippen MR) is 63.0 cm³/mol. The van der Waals surface area contributed by atoms with Crippen LogP contribution in [0.1, 0.15) is 18.5 Å². The molecule has 1 unspecified atom stereocenters. The first-order valence-corrected chi connectivity index (χ1v) is 5.28. The molecule has 1 aromatic rings. The van der Waals surface area contributed by atoms with Crippen LogP contribution in [0.15, 0.2) is 18.2 Å². The summed E-state index contributed by atoms with van der Waals surface area (Å²) >= 11 is 0. The Labute approximate surface area is 96.2 Å². The number of phenolic OH excluding ortho intramolecular Hbond substituents is 1. The maximum atomic E-state index is 9.73. The van der Waals surface area contributed by atoms with E-state index >= 15 is 0 Å². The third-order valence-electron chi connectivity index (χ3n) is 2.46. The molecule has 1 rings (SSSR count). The molecule has 2 N–H and O–H groups in total. The Balaban J connectivity index is 2.69. The average molecular weight is 225 g/mol. The van der Waals surface area contributed by atoms with Crippen LogP contribution in [0.3, 0.4) is 0 Å². The van der Waals surface area contributed by atoms with Crippen molar-refractivity contribution in [3.63, 3.8) is 0 Å². The van der Waals surface area contributed by atoms with Gasteiger partial charge in [-0.05, 0) is 25.1 Å². The summed E-state index contributed by atoms with van der Waals surface area (Å²) in [5, 5.41) is 13.0. The number of aromatic hydroxyl groups is 1. The maximum absolute atomic E-state index is 9.73. The molecular formula is C12H19NO3. The highest BCUT2D eigenvalue weighted by atomic mass is 16.5. The van der Waals surface area contributed by atoms with Crippen molar-refractivity contribution in [2.45, 2.75) is 13.0 Å². The topological polar surface area (TPSA) is 50.7 Å². The second-order valence-corrected chi connectivity index (χ2v) is 3.59. The van der Waals surface area contributed by atoms with E-state index in [4.69, 9.17) is 9.47 Å². The number of nitrogens with one attached hydrogen (secondary N) is 1. The van der Waals surface area contributed by atoms with Crippen LogP contribution in [0.4, 0.5) is 0 Å². The highest BCUT2D eigenvalue weighted by molar-refractivity contribution is 5.41. The molecule has 0 heterocycles. The minimum absolute atomic E-state index is 0.0604. The van der Waals surface area contributed by atoms with E-state index in [1.54, 1.807) is 26.4 Å². The highest BCUT2D eigenvalue weighted by Crippen LogP contribution is 2.27. The predicted octanol–water partition coefficient (Wildman–Crippen LogP) is 1.70. The molecule has 0 fully saturated rings. The molecule has 4 nitrogen and oxygen atoms in total. The van der Waals surface area contributed by atoms with E-state index in [-0.39, 0.29) is 11.8 Å². The molecule has 16 heavy (non-hydrogen) atoms. The largest absolute Gasteiger partial charge is 0.508 e. The van der Waals surface area contributed by atoms with Crippen molar-refractivity contribution in [2.24, 2.45) is 0 Å². The fourth-order valence-corrected chi connectivity index (χ4v) is 1.49. The molecule has 4 heteroatoms. The molecule has 0 aliphatic heterocycles. The summed E-state index contributed by atoms with van der Waals surface area (Å²) < 4.78 is 10.1. The monoisotopic (exact) mass is 225 g/mol. The molecule has 0 bridgehead atoms. The van der Waals surface area contributed by atoms with Gasteiger partial charge in [-0.1, -0.05) is 0 Å². The Hall–Kier alpha value is -1.26. The van der Waals surface area contributed by atoms with Gasteiger partial charge in [0.15, 0.2) is 0 Å². The molecule has 1 aromatic carbocycles. The number of phenols is 1. The van der Waals surface area contributed by atoms with Crippen molar-refractivity contribution in [2.75, 3.05) is 27.4 Å². The first-order valence-electron chi connectivity index (χ1n) is 5.28. The van der Waals surface area contributed by atoms with Crippen molar-refractivity contribution < 1.29 is 14.6 Å². The van der Waals surface area contributed by atoms with Gasteiger partial charge in [0.1, 0.15) is 11.5 Å². The van der Waals surface area contributed by atoms with Crippen LogP contribution < -0.4 is 10.1 Å². The van der Waals surface area contributed by atoms with Gasteiger partial charge in [0.2, 0.25) is 0 Å². The van der Waals surface area contributed by atoms with Crippen molar-refractivity contribution in [1.82, 2.24) is 5.32 Å². The minimum atomic E-state index is 0.0604. The Morgan fingerprint density at radius 3 is 2.75 bits per heavy atom. The van der Waals surface area contributed by atoms with Gasteiger partial charge in [0.25, 0.3) is 0 Å². The zero-order valence-corrected chi connectivity index (χ0v) is 9.99. The second-order valence-electron chi connectivity index (χ2n) is 3.59. The molecule has 0 spiro atoms. The lowest BCUT2D eigenvalue weighted by Gasteiger charge is -2.16. The van der Waals surface area contributed by atoms with Crippen LogP contribution in [0.5, 0.6) is 11.5 Å². The molecule has 0 saturated carbocycles. The van der Waals surface area contributed by atoms with Crippen LogP contribution in [0.2, 0.25) is 0 Å². The summed E-state index contributed by atoms with van der Waals surface area (Å²) in [6.45, 7) is 3.38. The van der Waals surface area contributed by atoms with Gasteiger partial charge in [-0.25, -0.2) is 0 Å². The number of hydrogen-bond donors (Lipinski definition) is 2. The van der Waals surface area contributed by atoms with E-state index in [0.29, 0.717) is 6.61 Å². The van der Waals surface area contributed by atoms with E-state index in [0.717, 1.165) is 17.9 Å². The number of rotatable bonds is 6. The first-order chi connectivity index (χ1) is 7.69. The normalized spacial score (nSPS) is 12.4. The van der Waals surface area contributed by atoms with E-state index in [1.165, 1.54) is 0 Å². The highest BCUT2D eigenvalue weighted by Gasteiger charge is 2.10. The van der Waals surface area contributed by atoms with Gasteiger partial charge in [-0.3, -0.25) is 0 Å². The van der Waals surface area contributed by atoms with E-state index in [1.807, 2.05) is 13.0 Å². The number of ether oxygens (including phenoxy) is 2. The van der Waals surface area contributed by atoms with Crippen LogP contribution in [0.25, 0.3) is 0 Å². The van der Waals surface area contributed by atoms with E-state index in [9.17, 15) is 5.11 Å². The Morgan fingerprint density at radius 2 is 2.12 bits per heavy atom. The molecule has 0 aliphatic carbocycles. The summed E-state index contributed by atoms with van der Waals surface area (Å²) in [5.74, 6) is 1.02. The average Bonchev–Trinajstić information content (AvgIpc) is 2.30. The molecule has 0 aliphatic rings. The Morgan fingerprint density at radius 1 is 1.38 bits per heavy atom. The Kier molecular flexibility index (Phi) is 5.08. The van der Waals surface area contributed by atoms with Crippen LogP contribution in [0, 0.1) is 0 Å². The molecule has 0 aromatic heterocycles. The SMILES string of the molecule is COCCNC(C)c1cc(OC)ccc1O. The summed E-state index contributed by atoms with van der Waals surface area (Å²) in [4.78, 5) is 0. The van der Waals surface area contributed by atoms with Crippen LogP contribution in [-0.2, 0) is 4.74 Å². The summed E-state index contributed by atoms with van der Waals surface area (Å²) in [6, 6.07) is 5.27. The fraction of sp³-hybridized carbons (Fsp3) is 0.500. The van der Waals surface area contributed by atoms with Crippen LogP contribution in [-0.4, -0.2) is 32.5 Å². The molecule has 1 atom stereocenters. The van der Waals surface area contributed by atoms with Crippen molar-refractivity contribution in [3.8, 4) is 11.5 Å². The van der Waals surface area contributed by atoms with Crippen molar-refractivity contribution in [1.29, 1.82) is 0 Å². The van der Waals surface area contributed by atoms with Gasteiger partial charge >= 0.3 is 0 Å². The van der Waals surface area contributed by atoms with Crippen molar-refractivity contribution in [3.05, 3.63) is 23.8 Å². The third-order valence-corrected chi connectivity index (χ3v) is 2.46. The number of hydrogen-bond acceptors (Lipinski definition) is 4. The van der Waals surface area contributed by atoms with Gasteiger partial charge in [-0.2, -0.15) is 0 Å². The number of benzene rings is 1. The number of methoxy groups -OCH3 is 2. The lowest BCUT2D eigenvalue weighted by molar-refractivity contribution is 0.196. The molecule has 0 radical (unpaired) electrons. The summed E-state index contributed by atoms with van der Waals surface area (Å²) in [5.41, 5.74) is 0.829. The first kappa shape index (κ1) is 12.8. The van der Waals surface area contributed by atoms with Crippen LogP contribution >= 0.6 is 0 Å². The third kappa shape index (κ3) is 3.40. The zero-order valence-electron chi connectivity index (χ0n) is 9.99. The quantitative estimate of drug-likeness (QED) is 0.723. The standard InChI is InChI=1S/C12H19NO3/c1-9(13-6-7-15-2)11-8-10(16-3)4-5-12(11)14/h4-5,8-9,13-14H,6-7H2,1-3H3. The molecule has 90 valence electrons. The van der Waals surface area contributed by atoms with Gasteiger partial charge in [0, 0.05) is 25.3 Å². The zero-order chi connectivity index (χ0) is 12.0. The lowest BCUT2D eigenvalue weighted by atomic mass is 10.1. The molecule has 0 saturated heterocycles.